The topological polar surface area (TPSA) is 100 Å². The molecule has 0 bridgehead atoms. The van der Waals surface area contributed by atoms with E-state index in [-0.39, 0.29) is 43.2 Å². The van der Waals surface area contributed by atoms with Crippen LogP contribution in [-0.2, 0) is 20.9 Å². The second kappa shape index (κ2) is 13.9. The number of carbonyl (C=O) groups excluding carboxylic acids is 2. The maximum atomic E-state index is 16.0. The van der Waals surface area contributed by atoms with Gasteiger partial charge >= 0.3 is 0 Å². The number of amides is 2. The first-order valence-corrected chi connectivity index (χ1v) is 17.5. The highest BCUT2D eigenvalue weighted by atomic mass is 28.4. The zero-order valence-corrected chi connectivity index (χ0v) is 25.6. The number of nitrogens with one attached hydrogen (secondary N) is 2. The highest BCUT2D eigenvalue weighted by Crippen LogP contribution is 2.48. The van der Waals surface area contributed by atoms with Gasteiger partial charge in [0.15, 0.2) is 0 Å². The SMILES string of the molecule is CO[C@@H]1c2cc(NC(=O)C3CCCNC3)ccc2O[C@H](C(CC(=O)N(CCO)Cc2ccccc2)[Si](C)(C)F)[C@H]1C. The molecule has 0 aliphatic carbocycles. The molecule has 4 rings (SSSR count). The van der Waals surface area contributed by atoms with Crippen molar-refractivity contribution in [3.8, 4) is 5.75 Å². The van der Waals surface area contributed by atoms with Gasteiger partial charge < -0.3 is 34.2 Å². The van der Waals surface area contributed by atoms with E-state index in [4.69, 9.17) is 9.47 Å². The lowest BCUT2D eigenvalue weighted by atomic mass is 9.86. The van der Waals surface area contributed by atoms with Gasteiger partial charge in [-0.25, -0.2) is 0 Å². The fourth-order valence-electron chi connectivity index (χ4n) is 6.06. The van der Waals surface area contributed by atoms with Gasteiger partial charge in [0, 0.05) is 55.9 Å². The first kappa shape index (κ1) is 31.1. The summed E-state index contributed by atoms with van der Waals surface area (Å²) in [6.07, 6.45) is 0.833. The van der Waals surface area contributed by atoms with Crippen molar-refractivity contribution < 1.29 is 28.3 Å². The molecule has 41 heavy (non-hydrogen) atoms. The van der Waals surface area contributed by atoms with Gasteiger partial charge in [0.2, 0.25) is 20.2 Å². The Morgan fingerprint density at radius 2 is 2.00 bits per heavy atom. The molecule has 2 aromatic carbocycles. The fourth-order valence-corrected chi connectivity index (χ4v) is 7.87. The third-order valence-corrected chi connectivity index (χ3v) is 10.7. The van der Waals surface area contributed by atoms with Crippen molar-refractivity contribution in [2.24, 2.45) is 11.8 Å². The first-order chi connectivity index (χ1) is 19.6. The molecule has 2 amide bonds. The maximum Gasteiger partial charge on any atom is 0.248 e. The molecule has 2 heterocycles. The number of anilines is 1. The summed E-state index contributed by atoms with van der Waals surface area (Å²) in [6, 6.07) is 15.1. The van der Waals surface area contributed by atoms with Crippen LogP contribution in [0, 0.1) is 11.8 Å². The van der Waals surface area contributed by atoms with Gasteiger partial charge in [-0.05, 0) is 56.2 Å². The Morgan fingerprint density at radius 1 is 1.24 bits per heavy atom. The van der Waals surface area contributed by atoms with Gasteiger partial charge in [0.05, 0.1) is 18.6 Å². The summed E-state index contributed by atoms with van der Waals surface area (Å²) in [4.78, 5) is 28.0. The minimum absolute atomic E-state index is 0.0135. The molecule has 10 heteroatoms. The molecular weight excluding hydrogens is 541 g/mol. The summed E-state index contributed by atoms with van der Waals surface area (Å²) in [7, 11) is -1.79. The molecule has 5 atom stereocenters. The van der Waals surface area contributed by atoms with E-state index in [2.05, 4.69) is 10.6 Å². The van der Waals surface area contributed by atoms with Crippen LogP contribution in [0.2, 0.25) is 18.6 Å². The van der Waals surface area contributed by atoms with Crippen LogP contribution in [0.1, 0.15) is 43.4 Å². The highest BCUT2D eigenvalue weighted by molar-refractivity contribution is 6.72. The summed E-state index contributed by atoms with van der Waals surface area (Å²) >= 11 is 0. The number of aliphatic hydroxyl groups excluding tert-OH is 1. The van der Waals surface area contributed by atoms with Crippen LogP contribution in [0.15, 0.2) is 48.5 Å². The molecule has 0 spiro atoms. The van der Waals surface area contributed by atoms with Crippen molar-refractivity contribution in [2.45, 2.75) is 63.6 Å². The monoisotopic (exact) mass is 585 g/mol. The predicted molar refractivity (Wildman–Crippen MR) is 160 cm³/mol. The number of piperidine rings is 1. The Hall–Kier alpha value is -2.79. The number of aliphatic hydroxyl groups is 1. The molecule has 2 unspecified atom stereocenters. The number of nitrogens with zero attached hydrogens (tertiary/aromatic N) is 1. The number of hydrogen-bond donors (Lipinski definition) is 3. The lowest BCUT2D eigenvalue weighted by Gasteiger charge is -2.43. The Bertz CT molecular complexity index is 1170. The third kappa shape index (κ3) is 7.74. The zero-order valence-electron chi connectivity index (χ0n) is 24.6. The van der Waals surface area contributed by atoms with E-state index in [9.17, 15) is 14.7 Å². The summed E-state index contributed by atoms with van der Waals surface area (Å²) in [5, 5.41) is 16.0. The quantitative estimate of drug-likeness (QED) is 0.262. The summed E-state index contributed by atoms with van der Waals surface area (Å²) in [5.74, 6) is 0.0310. The largest absolute Gasteiger partial charge is 0.490 e. The Balaban J connectivity index is 1.54. The highest BCUT2D eigenvalue weighted by Gasteiger charge is 2.48. The lowest BCUT2D eigenvalue weighted by molar-refractivity contribution is -0.133. The minimum atomic E-state index is -3.41. The number of benzene rings is 2. The van der Waals surface area contributed by atoms with Crippen LogP contribution in [0.4, 0.5) is 9.80 Å². The summed E-state index contributed by atoms with van der Waals surface area (Å²) < 4.78 is 28.4. The third-order valence-electron chi connectivity index (χ3n) is 8.38. The van der Waals surface area contributed by atoms with Crippen LogP contribution in [0.25, 0.3) is 0 Å². The number of methoxy groups -OCH3 is 1. The second-order valence-corrected chi connectivity index (χ2v) is 15.7. The summed E-state index contributed by atoms with van der Waals surface area (Å²) in [5.41, 5.74) is 1.78. The van der Waals surface area contributed by atoms with E-state index in [1.165, 1.54) is 0 Å². The molecule has 8 nitrogen and oxygen atoms in total. The fraction of sp³-hybridized carbons (Fsp3) is 0.548. The summed E-state index contributed by atoms with van der Waals surface area (Å²) in [6.45, 7) is 7.14. The van der Waals surface area contributed by atoms with Gasteiger partial charge in [-0.1, -0.05) is 37.3 Å². The van der Waals surface area contributed by atoms with Crippen molar-refractivity contribution in [2.75, 3.05) is 38.7 Å². The van der Waals surface area contributed by atoms with Gasteiger partial charge in [-0.2, -0.15) is 0 Å². The Labute approximate surface area is 243 Å². The average molecular weight is 586 g/mol. The van der Waals surface area contributed by atoms with Crippen LogP contribution in [0.5, 0.6) is 5.75 Å². The van der Waals surface area contributed by atoms with Crippen molar-refractivity contribution in [1.82, 2.24) is 10.2 Å². The van der Waals surface area contributed by atoms with Gasteiger partial charge in [0.1, 0.15) is 11.9 Å². The molecule has 2 aliphatic heterocycles. The second-order valence-electron chi connectivity index (χ2n) is 11.8. The molecule has 3 N–H and O–H groups in total. The molecular formula is C31H44FN3O5Si. The molecule has 1 saturated heterocycles. The van der Waals surface area contributed by atoms with Crippen LogP contribution in [0.3, 0.4) is 0 Å². The average Bonchev–Trinajstić information content (AvgIpc) is 2.96. The van der Waals surface area contributed by atoms with Crippen LogP contribution in [-0.4, -0.2) is 69.7 Å². The van der Waals surface area contributed by atoms with Crippen molar-refractivity contribution in [3.05, 3.63) is 59.7 Å². The predicted octanol–water partition coefficient (Wildman–Crippen LogP) is 4.67. The normalized spacial score (nSPS) is 23.2. The molecule has 0 saturated carbocycles. The van der Waals surface area contributed by atoms with Crippen LogP contribution >= 0.6 is 0 Å². The smallest absolute Gasteiger partial charge is 0.248 e. The van der Waals surface area contributed by atoms with Gasteiger partial charge in [-0.15, -0.1) is 0 Å². The number of ether oxygens (including phenoxy) is 2. The first-order valence-electron chi connectivity index (χ1n) is 14.6. The minimum Gasteiger partial charge on any atom is -0.490 e. The van der Waals surface area contributed by atoms with E-state index in [0.717, 1.165) is 30.5 Å². The number of halogens is 1. The Kier molecular flexibility index (Phi) is 10.6. The molecule has 2 aliphatic rings. The van der Waals surface area contributed by atoms with Crippen molar-refractivity contribution >= 4 is 25.9 Å². The van der Waals surface area contributed by atoms with Crippen LogP contribution < -0.4 is 15.4 Å². The van der Waals surface area contributed by atoms with E-state index >= 15 is 4.11 Å². The molecule has 0 radical (unpaired) electrons. The van der Waals surface area contributed by atoms with E-state index in [1.807, 2.05) is 43.3 Å². The number of rotatable bonds is 11. The maximum absolute atomic E-state index is 16.0. The molecule has 224 valence electrons. The zero-order chi connectivity index (χ0) is 29.6. The lowest BCUT2D eigenvalue weighted by Crippen LogP contribution is -2.48. The van der Waals surface area contributed by atoms with E-state index in [0.29, 0.717) is 24.5 Å². The van der Waals surface area contributed by atoms with Gasteiger partial charge in [-0.3, -0.25) is 9.59 Å². The van der Waals surface area contributed by atoms with Crippen molar-refractivity contribution in [3.63, 3.8) is 0 Å². The van der Waals surface area contributed by atoms with E-state index in [1.54, 1.807) is 37.2 Å². The van der Waals surface area contributed by atoms with Crippen molar-refractivity contribution in [1.29, 1.82) is 0 Å². The standard InChI is InChI=1S/C31H44FN3O5Si/c1-21-29(39-2)25-17-24(34-31(38)23-11-8-14-33-19-23)12-13-26(25)40-30(21)27(41(3,4)32)18-28(37)35(15-16-36)20-22-9-6-5-7-10-22/h5-7,9-10,12-13,17,21,23,27,29-30,33,36H,8,11,14-16,18-20H2,1-4H3,(H,34,38)/t21-,23?,27?,29-,30-/m0/s1. The number of fused-ring (bicyclic) bond motifs is 1. The van der Waals surface area contributed by atoms with E-state index < -0.39 is 26.2 Å². The Morgan fingerprint density at radius 3 is 2.63 bits per heavy atom. The number of carbonyl (C=O) groups is 2. The number of hydrogen-bond acceptors (Lipinski definition) is 6. The molecule has 0 aromatic heterocycles. The molecule has 1 fully saturated rings. The van der Waals surface area contributed by atoms with Gasteiger partial charge in [0.25, 0.3) is 0 Å². The molecule has 2 aromatic rings.